The van der Waals surface area contributed by atoms with Crippen LogP contribution in [0.25, 0.3) is 0 Å². The Morgan fingerprint density at radius 3 is 2.81 bits per heavy atom. The summed E-state index contributed by atoms with van der Waals surface area (Å²) in [6.45, 7) is 3.71. The van der Waals surface area contributed by atoms with Gasteiger partial charge < -0.3 is 5.32 Å². The molecule has 0 radical (unpaired) electrons. The molecule has 84 valence electrons. The normalized spacial score (nSPS) is 10.6. The van der Waals surface area contributed by atoms with Crippen molar-refractivity contribution in [1.82, 2.24) is 5.32 Å². The van der Waals surface area contributed by atoms with Gasteiger partial charge in [-0.1, -0.05) is 28.1 Å². The fourth-order valence-electron chi connectivity index (χ4n) is 1.35. The van der Waals surface area contributed by atoms with Crippen LogP contribution in [0.15, 0.2) is 28.7 Å². The van der Waals surface area contributed by atoms with Crippen molar-refractivity contribution in [1.29, 1.82) is 5.26 Å². The molecule has 0 spiro atoms. The first kappa shape index (κ1) is 12.7. The first-order valence-corrected chi connectivity index (χ1v) is 5.69. The van der Waals surface area contributed by atoms with Crippen molar-refractivity contribution in [3.63, 3.8) is 0 Å². The number of carbonyl (C=O) groups is 1. The highest BCUT2D eigenvalue weighted by molar-refractivity contribution is 9.10. The van der Waals surface area contributed by atoms with E-state index < -0.39 is 5.41 Å². The third kappa shape index (κ3) is 2.83. The monoisotopic (exact) mass is 280 g/mol. The lowest BCUT2D eigenvalue weighted by Gasteiger charge is -2.23. The summed E-state index contributed by atoms with van der Waals surface area (Å²) in [5.41, 5.74) is 0.276. The zero-order valence-corrected chi connectivity index (χ0v) is 10.8. The van der Waals surface area contributed by atoms with Crippen molar-refractivity contribution in [2.75, 3.05) is 6.54 Å². The van der Waals surface area contributed by atoms with E-state index in [1.54, 1.807) is 0 Å². The molecule has 0 atom stereocenters. The molecule has 1 aromatic carbocycles. The van der Waals surface area contributed by atoms with Crippen LogP contribution in [0.5, 0.6) is 0 Å². The average molecular weight is 281 g/mol. The van der Waals surface area contributed by atoms with Crippen molar-refractivity contribution in [2.45, 2.75) is 19.3 Å². The molecule has 1 amide bonds. The molecular weight excluding hydrogens is 268 g/mol. The summed E-state index contributed by atoms with van der Waals surface area (Å²) in [4.78, 5) is 11.9. The zero-order valence-electron chi connectivity index (χ0n) is 9.25. The molecular formula is C12H13BrN2O. The molecule has 0 aromatic heterocycles. The minimum absolute atomic E-state index is 0.0380. The maximum atomic E-state index is 11.9. The highest BCUT2D eigenvalue weighted by Crippen LogP contribution is 2.25. The van der Waals surface area contributed by atoms with Gasteiger partial charge in [-0.15, -0.1) is 0 Å². The van der Waals surface area contributed by atoms with Gasteiger partial charge in [0.1, 0.15) is 6.54 Å². The van der Waals surface area contributed by atoms with Crippen LogP contribution in [0.1, 0.15) is 19.4 Å². The minimum atomic E-state index is -0.638. The molecule has 0 aliphatic rings. The topological polar surface area (TPSA) is 52.9 Å². The highest BCUT2D eigenvalue weighted by Gasteiger charge is 2.29. The Bertz CT molecular complexity index is 435. The lowest BCUT2D eigenvalue weighted by Crippen LogP contribution is -2.40. The molecule has 0 fully saturated rings. The van der Waals surface area contributed by atoms with Crippen LogP contribution in [-0.2, 0) is 10.2 Å². The Kier molecular flexibility index (Phi) is 4.08. The zero-order chi connectivity index (χ0) is 12.2. The predicted molar refractivity (Wildman–Crippen MR) is 65.8 cm³/mol. The van der Waals surface area contributed by atoms with Gasteiger partial charge in [-0.25, -0.2) is 0 Å². The predicted octanol–water partition coefficient (Wildman–Crippen LogP) is 2.37. The molecule has 0 saturated heterocycles. The number of nitrogens with zero attached hydrogens (tertiary/aromatic N) is 1. The number of benzene rings is 1. The SMILES string of the molecule is CC(C)(C(=O)NCC#N)c1cccc(Br)c1. The van der Waals surface area contributed by atoms with Crippen molar-refractivity contribution in [3.8, 4) is 6.07 Å². The fraction of sp³-hybridized carbons (Fsp3) is 0.333. The number of amides is 1. The van der Waals surface area contributed by atoms with Gasteiger partial charge >= 0.3 is 0 Å². The molecule has 3 nitrogen and oxygen atoms in total. The van der Waals surface area contributed by atoms with E-state index in [1.807, 2.05) is 44.2 Å². The van der Waals surface area contributed by atoms with Gasteiger partial charge in [0.2, 0.25) is 5.91 Å². The molecule has 0 unspecified atom stereocenters. The summed E-state index contributed by atoms with van der Waals surface area (Å²) in [5.74, 6) is -0.146. The second kappa shape index (κ2) is 5.13. The van der Waals surface area contributed by atoms with Crippen molar-refractivity contribution in [3.05, 3.63) is 34.3 Å². The quantitative estimate of drug-likeness (QED) is 0.865. The van der Waals surface area contributed by atoms with Crippen LogP contribution in [0.2, 0.25) is 0 Å². The van der Waals surface area contributed by atoms with Gasteiger partial charge in [-0.05, 0) is 31.5 Å². The van der Waals surface area contributed by atoms with Gasteiger partial charge in [0.25, 0.3) is 0 Å². The van der Waals surface area contributed by atoms with Crippen LogP contribution in [0, 0.1) is 11.3 Å². The summed E-state index contributed by atoms with van der Waals surface area (Å²) >= 11 is 3.37. The number of hydrogen-bond donors (Lipinski definition) is 1. The van der Waals surface area contributed by atoms with Crippen molar-refractivity contribution in [2.24, 2.45) is 0 Å². The van der Waals surface area contributed by atoms with Crippen LogP contribution in [-0.4, -0.2) is 12.5 Å². The summed E-state index contributed by atoms with van der Waals surface area (Å²) in [5, 5.41) is 11.0. The van der Waals surface area contributed by atoms with Gasteiger partial charge in [-0.3, -0.25) is 4.79 Å². The molecule has 0 bridgehead atoms. The molecule has 16 heavy (non-hydrogen) atoms. The van der Waals surface area contributed by atoms with Gasteiger partial charge in [0.15, 0.2) is 0 Å². The molecule has 1 N–H and O–H groups in total. The molecule has 0 aliphatic heterocycles. The number of nitrogens with one attached hydrogen (secondary N) is 1. The number of nitriles is 1. The standard InChI is InChI=1S/C12H13BrN2O/c1-12(2,11(16)15-7-6-14)9-4-3-5-10(13)8-9/h3-5,8H,7H2,1-2H3,(H,15,16). The number of halogens is 1. The fourth-order valence-corrected chi connectivity index (χ4v) is 1.75. The second-order valence-electron chi connectivity index (χ2n) is 3.98. The second-order valence-corrected chi connectivity index (χ2v) is 4.89. The van der Waals surface area contributed by atoms with E-state index in [9.17, 15) is 4.79 Å². The molecule has 0 heterocycles. The van der Waals surface area contributed by atoms with Crippen LogP contribution >= 0.6 is 15.9 Å². The number of hydrogen-bond acceptors (Lipinski definition) is 2. The van der Waals surface area contributed by atoms with E-state index in [4.69, 9.17) is 5.26 Å². The van der Waals surface area contributed by atoms with E-state index in [2.05, 4.69) is 21.2 Å². The van der Waals surface area contributed by atoms with E-state index >= 15 is 0 Å². The molecule has 0 saturated carbocycles. The maximum absolute atomic E-state index is 11.9. The van der Waals surface area contributed by atoms with Crippen LogP contribution in [0.3, 0.4) is 0 Å². The number of rotatable bonds is 3. The largest absolute Gasteiger partial charge is 0.342 e. The molecule has 4 heteroatoms. The molecule has 0 aliphatic carbocycles. The summed E-state index contributed by atoms with van der Waals surface area (Å²) in [6, 6.07) is 9.50. The molecule has 1 aromatic rings. The Balaban J connectivity index is 2.93. The Morgan fingerprint density at radius 2 is 2.25 bits per heavy atom. The Morgan fingerprint density at radius 1 is 1.56 bits per heavy atom. The van der Waals surface area contributed by atoms with Crippen molar-refractivity contribution >= 4 is 21.8 Å². The summed E-state index contributed by atoms with van der Waals surface area (Å²) in [6.07, 6.45) is 0. The first-order valence-electron chi connectivity index (χ1n) is 4.90. The van der Waals surface area contributed by atoms with Crippen LogP contribution in [0.4, 0.5) is 0 Å². The highest BCUT2D eigenvalue weighted by atomic mass is 79.9. The van der Waals surface area contributed by atoms with E-state index in [-0.39, 0.29) is 12.5 Å². The lowest BCUT2D eigenvalue weighted by atomic mass is 9.84. The van der Waals surface area contributed by atoms with E-state index in [0.29, 0.717) is 0 Å². The molecule has 1 rings (SSSR count). The maximum Gasteiger partial charge on any atom is 0.230 e. The minimum Gasteiger partial charge on any atom is -0.342 e. The third-order valence-corrected chi connectivity index (χ3v) is 2.94. The third-order valence-electron chi connectivity index (χ3n) is 2.44. The van der Waals surface area contributed by atoms with E-state index in [1.165, 1.54) is 0 Å². The van der Waals surface area contributed by atoms with Gasteiger partial charge in [-0.2, -0.15) is 5.26 Å². The number of carbonyl (C=O) groups excluding carboxylic acids is 1. The summed E-state index contributed by atoms with van der Waals surface area (Å²) < 4.78 is 0.936. The van der Waals surface area contributed by atoms with Crippen molar-refractivity contribution < 1.29 is 4.79 Å². The first-order chi connectivity index (χ1) is 7.48. The Labute approximate surface area is 104 Å². The smallest absolute Gasteiger partial charge is 0.230 e. The lowest BCUT2D eigenvalue weighted by molar-refractivity contribution is -0.125. The van der Waals surface area contributed by atoms with E-state index in [0.717, 1.165) is 10.0 Å². The Hall–Kier alpha value is -1.34. The van der Waals surface area contributed by atoms with Crippen LogP contribution < -0.4 is 5.32 Å². The average Bonchev–Trinajstić information content (AvgIpc) is 2.25. The van der Waals surface area contributed by atoms with Gasteiger partial charge in [0.05, 0.1) is 11.5 Å². The van der Waals surface area contributed by atoms with Gasteiger partial charge in [0, 0.05) is 4.47 Å². The summed E-state index contributed by atoms with van der Waals surface area (Å²) in [7, 11) is 0.